The molecule has 0 aromatic carbocycles. The molecular formula is C12H16ClN5S. The van der Waals surface area contributed by atoms with E-state index in [9.17, 15) is 0 Å². The molecule has 0 aliphatic carbocycles. The monoisotopic (exact) mass is 297 g/mol. The summed E-state index contributed by atoms with van der Waals surface area (Å²) in [5.41, 5.74) is 0.872. The van der Waals surface area contributed by atoms with Crippen molar-refractivity contribution in [3.8, 4) is 0 Å². The molecule has 2 heterocycles. The fourth-order valence-corrected chi connectivity index (χ4v) is 2.55. The first-order chi connectivity index (χ1) is 8.90. The summed E-state index contributed by atoms with van der Waals surface area (Å²) in [5, 5.41) is 10.3. The van der Waals surface area contributed by atoms with Crippen molar-refractivity contribution >= 4 is 23.4 Å². The van der Waals surface area contributed by atoms with E-state index in [1.807, 2.05) is 39.3 Å². The molecule has 19 heavy (non-hydrogen) atoms. The Hall–Kier alpha value is -1.14. The van der Waals surface area contributed by atoms with Crippen molar-refractivity contribution in [2.75, 3.05) is 0 Å². The number of hydrogen-bond donors (Lipinski definition) is 0. The minimum Gasteiger partial charge on any atom is -0.309 e. The van der Waals surface area contributed by atoms with Gasteiger partial charge in [0.05, 0.1) is 0 Å². The summed E-state index contributed by atoms with van der Waals surface area (Å²) in [7, 11) is 1.93. The average molecular weight is 298 g/mol. The van der Waals surface area contributed by atoms with Gasteiger partial charge >= 0.3 is 0 Å². The number of aryl methyl sites for hydroxylation is 1. The third-order valence-electron chi connectivity index (χ3n) is 2.82. The quantitative estimate of drug-likeness (QED) is 0.815. The first kappa shape index (κ1) is 14.3. The van der Waals surface area contributed by atoms with Crippen LogP contribution in [0.4, 0.5) is 0 Å². The van der Waals surface area contributed by atoms with Crippen molar-refractivity contribution in [3.05, 3.63) is 22.4 Å². The van der Waals surface area contributed by atoms with Crippen molar-refractivity contribution in [3.63, 3.8) is 0 Å². The molecule has 2 aromatic heterocycles. The molecule has 0 amide bonds. The Morgan fingerprint density at radius 3 is 2.37 bits per heavy atom. The highest BCUT2D eigenvalue weighted by Gasteiger charge is 2.15. The number of halogens is 1. The molecule has 0 spiro atoms. The van der Waals surface area contributed by atoms with E-state index in [-0.39, 0.29) is 5.92 Å². The summed E-state index contributed by atoms with van der Waals surface area (Å²) in [4.78, 5) is 8.86. The summed E-state index contributed by atoms with van der Waals surface area (Å²) in [5.74, 6) is 1.85. The lowest BCUT2D eigenvalue weighted by Gasteiger charge is -2.10. The van der Waals surface area contributed by atoms with Crippen LogP contribution in [0.5, 0.6) is 0 Å². The molecule has 0 bridgehead atoms. The van der Waals surface area contributed by atoms with Gasteiger partial charge in [-0.2, -0.15) is 0 Å². The number of aromatic nitrogens is 5. The SMILES string of the molecule is Cc1c(Cl)nc(C(C)C)nc1Sc1nnc(C)n1C. The highest BCUT2D eigenvalue weighted by atomic mass is 35.5. The average Bonchev–Trinajstić information content (AvgIpc) is 2.66. The Balaban J connectivity index is 2.42. The van der Waals surface area contributed by atoms with Crippen LogP contribution in [0.2, 0.25) is 5.15 Å². The number of hydrogen-bond acceptors (Lipinski definition) is 5. The Morgan fingerprint density at radius 2 is 1.84 bits per heavy atom. The van der Waals surface area contributed by atoms with Crippen LogP contribution in [0.15, 0.2) is 10.2 Å². The minimum atomic E-state index is 0.235. The zero-order valence-corrected chi connectivity index (χ0v) is 13.2. The van der Waals surface area contributed by atoms with Crippen molar-refractivity contribution in [2.24, 2.45) is 7.05 Å². The first-order valence-electron chi connectivity index (χ1n) is 5.98. The smallest absolute Gasteiger partial charge is 0.197 e. The lowest BCUT2D eigenvalue weighted by atomic mass is 10.2. The van der Waals surface area contributed by atoms with Crippen molar-refractivity contribution < 1.29 is 0 Å². The predicted molar refractivity (Wildman–Crippen MR) is 75.7 cm³/mol. The van der Waals surface area contributed by atoms with Gasteiger partial charge in [-0.05, 0) is 25.6 Å². The molecule has 7 heteroatoms. The van der Waals surface area contributed by atoms with Crippen molar-refractivity contribution in [2.45, 2.75) is 43.8 Å². The fourth-order valence-electron chi connectivity index (χ4n) is 1.41. The van der Waals surface area contributed by atoms with Crippen LogP contribution in [-0.2, 0) is 7.05 Å². The summed E-state index contributed by atoms with van der Waals surface area (Å²) >= 11 is 7.63. The highest BCUT2D eigenvalue weighted by molar-refractivity contribution is 7.99. The maximum absolute atomic E-state index is 6.17. The molecule has 0 saturated heterocycles. The van der Waals surface area contributed by atoms with Crippen LogP contribution in [0.3, 0.4) is 0 Å². The van der Waals surface area contributed by atoms with Gasteiger partial charge in [0.25, 0.3) is 0 Å². The second kappa shape index (κ2) is 5.46. The summed E-state index contributed by atoms with van der Waals surface area (Å²) in [6.07, 6.45) is 0. The Bertz CT molecular complexity index is 608. The molecule has 2 rings (SSSR count). The molecule has 0 N–H and O–H groups in total. The largest absolute Gasteiger partial charge is 0.309 e. The zero-order chi connectivity index (χ0) is 14.2. The topological polar surface area (TPSA) is 56.5 Å². The molecule has 5 nitrogen and oxygen atoms in total. The number of nitrogens with zero attached hydrogens (tertiary/aromatic N) is 5. The summed E-state index contributed by atoms with van der Waals surface area (Å²) in [6.45, 7) is 7.91. The molecule has 0 saturated carbocycles. The van der Waals surface area contributed by atoms with Crippen LogP contribution < -0.4 is 0 Å². The molecule has 0 atom stereocenters. The van der Waals surface area contributed by atoms with Gasteiger partial charge in [-0.25, -0.2) is 9.97 Å². The van der Waals surface area contributed by atoms with Crippen LogP contribution >= 0.6 is 23.4 Å². The van der Waals surface area contributed by atoms with E-state index >= 15 is 0 Å². The Kier molecular flexibility index (Phi) is 4.10. The molecule has 2 aromatic rings. The van der Waals surface area contributed by atoms with Crippen molar-refractivity contribution in [1.29, 1.82) is 0 Å². The molecule has 0 aliphatic rings. The lowest BCUT2D eigenvalue weighted by Crippen LogP contribution is -2.02. The first-order valence-corrected chi connectivity index (χ1v) is 7.17. The van der Waals surface area contributed by atoms with Gasteiger partial charge in [-0.15, -0.1) is 10.2 Å². The van der Waals surface area contributed by atoms with Crippen LogP contribution in [0.1, 0.15) is 37.0 Å². The second-order valence-corrected chi connectivity index (χ2v) is 5.96. The summed E-state index contributed by atoms with van der Waals surface area (Å²) < 4.78 is 1.93. The van der Waals surface area contributed by atoms with E-state index < -0.39 is 0 Å². The van der Waals surface area contributed by atoms with Gasteiger partial charge in [0.15, 0.2) is 5.16 Å². The second-order valence-electron chi connectivity index (χ2n) is 4.65. The fraction of sp³-hybridized carbons (Fsp3) is 0.500. The lowest BCUT2D eigenvalue weighted by molar-refractivity contribution is 0.740. The maximum atomic E-state index is 6.17. The molecule has 0 unspecified atom stereocenters. The normalized spacial score (nSPS) is 11.3. The van der Waals surface area contributed by atoms with E-state index in [4.69, 9.17) is 11.6 Å². The molecule has 0 radical (unpaired) electrons. The molecule has 0 fully saturated rings. The van der Waals surface area contributed by atoms with E-state index in [0.717, 1.165) is 27.4 Å². The molecular weight excluding hydrogens is 282 g/mol. The van der Waals surface area contributed by atoms with Crippen LogP contribution in [-0.4, -0.2) is 24.7 Å². The standard InChI is InChI=1S/C12H16ClN5S/c1-6(2)10-14-9(13)7(3)11(15-10)19-12-17-16-8(4)18(12)5/h6H,1-5H3. The Labute approximate surface area is 121 Å². The summed E-state index contributed by atoms with van der Waals surface area (Å²) in [6, 6.07) is 0. The third kappa shape index (κ3) is 2.90. The Morgan fingerprint density at radius 1 is 1.16 bits per heavy atom. The van der Waals surface area contributed by atoms with Gasteiger partial charge in [0, 0.05) is 18.5 Å². The highest BCUT2D eigenvalue weighted by Crippen LogP contribution is 2.31. The van der Waals surface area contributed by atoms with E-state index in [0.29, 0.717) is 5.15 Å². The number of rotatable bonds is 3. The molecule has 102 valence electrons. The van der Waals surface area contributed by atoms with E-state index in [1.165, 1.54) is 11.8 Å². The maximum Gasteiger partial charge on any atom is 0.197 e. The van der Waals surface area contributed by atoms with Gasteiger partial charge in [0.1, 0.15) is 21.8 Å². The van der Waals surface area contributed by atoms with E-state index in [1.54, 1.807) is 0 Å². The van der Waals surface area contributed by atoms with Gasteiger partial charge in [-0.1, -0.05) is 25.4 Å². The molecule has 0 aliphatic heterocycles. The minimum absolute atomic E-state index is 0.235. The van der Waals surface area contributed by atoms with Crippen LogP contribution in [0, 0.1) is 13.8 Å². The van der Waals surface area contributed by atoms with Crippen LogP contribution in [0.25, 0.3) is 0 Å². The zero-order valence-electron chi connectivity index (χ0n) is 11.6. The van der Waals surface area contributed by atoms with Gasteiger partial charge in [-0.3, -0.25) is 0 Å². The van der Waals surface area contributed by atoms with E-state index in [2.05, 4.69) is 20.2 Å². The van der Waals surface area contributed by atoms with Gasteiger partial charge in [0.2, 0.25) is 0 Å². The van der Waals surface area contributed by atoms with Gasteiger partial charge < -0.3 is 4.57 Å². The predicted octanol–water partition coefficient (Wildman–Crippen LogP) is 3.15. The van der Waals surface area contributed by atoms with Crippen molar-refractivity contribution in [1.82, 2.24) is 24.7 Å². The third-order valence-corrected chi connectivity index (χ3v) is 4.31.